The SMILES string of the molecule is CC(C)n1ccc(CNC(CCCl)C(C)(C)C)n1. The smallest absolute Gasteiger partial charge is 0.0762 e. The summed E-state index contributed by atoms with van der Waals surface area (Å²) in [5, 5.41) is 8.11. The van der Waals surface area contributed by atoms with E-state index in [4.69, 9.17) is 11.6 Å². The average Bonchev–Trinajstić information content (AvgIpc) is 2.71. The van der Waals surface area contributed by atoms with Gasteiger partial charge in [-0.2, -0.15) is 5.10 Å². The van der Waals surface area contributed by atoms with Gasteiger partial charge in [0.2, 0.25) is 0 Å². The molecule has 0 saturated carbocycles. The fourth-order valence-corrected chi connectivity index (χ4v) is 2.16. The van der Waals surface area contributed by atoms with E-state index in [-0.39, 0.29) is 5.41 Å². The van der Waals surface area contributed by atoms with Gasteiger partial charge in [0, 0.05) is 30.7 Å². The zero-order valence-electron chi connectivity index (χ0n) is 12.2. The quantitative estimate of drug-likeness (QED) is 0.802. The van der Waals surface area contributed by atoms with E-state index >= 15 is 0 Å². The summed E-state index contributed by atoms with van der Waals surface area (Å²) in [6, 6.07) is 2.91. The minimum atomic E-state index is 0.218. The van der Waals surface area contributed by atoms with Gasteiger partial charge < -0.3 is 5.32 Å². The summed E-state index contributed by atoms with van der Waals surface area (Å²) in [6.45, 7) is 11.8. The maximum absolute atomic E-state index is 5.87. The van der Waals surface area contributed by atoms with Crippen LogP contribution in [0.5, 0.6) is 0 Å². The molecule has 1 heterocycles. The molecule has 1 atom stereocenters. The van der Waals surface area contributed by atoms with Crippen LogP contribution in [0.25, 0.3) is 0 Å². The Morgan fingerprint density at radius 2 is 2.06 bits per heavy atom. The number of rotatable bonds is 6. The minimum Gasteiger partial charge on any atom is -0.308 e. The number of aromatic nitrogens is 2. The third-order valence-corrected chi connectivity index (χ3v) is 3.38. The monoisotopic (exact) mass is 271 g/mol. The second kappa shape index (κ2) is 6.58. The topological polar surface area (TPSA) is 29.9 Å². The molecular weight excluding hydrogens is 246 g/mol. The second-order valence-electron chi connectivity index (χ2n) is 6.16. The number of hydrogen-bond donors (Lipinski definition) is 1. The van der Waals surface area contributed by atoms with E-state index in [1.54, 1.807) is 0 Å². The van der Waals surface area contributed by atoms with Crippen LogP contribution >= 0.6 is 11.6 Å². The molecule has 1 aromatic heterocycles. The standard InChI is InChI=1S/C14H26ClN3/c1-11(2)18-9-7-12(17-18)10-16-13(6-8-15)14(3,4)5/h7,9,11,13,16H,6,8,10H2,1-5H3. The number of alkyl halides is 1. The first-order valence-electron chi connectivity index (χ1n) is 6.68. The van der Waals surface area contributed by atoms with E-state index in [9.17, 15) is 0 Å². The van der Waals surface area contributed by atoms with Crippen molar-refractivity contribution < 1.29 is 0 Å². The van der Waals surface area contributed by atoms with E-state index < -0.39 is 0 Å². The molecule has 0 fully saturated rings. The molecule has 0 radical (unpaired) electrons. The Bertz CT molecular complexity index is 352. The van der Waals surface area contributed by atoms with Crippen molar-refractivity contribution in [2.45, 2.75) is 59.7 Å². The van der Waals surface area contributed by atoms with Gasteiger partial charge in [0.1, 0.15) is 0 Å². The predicted octanol–water partition coefficient (Wildman–Crippen LogP) is 3.60. The lowest BCUT2D eigenvalue weighted by molar-refractivity contribution is 0.259. The molecule has 18 heavy (non-hydrogen) atoms. The second-order valence-corrected chi connectivity index (χ2v) is 6.54. The van der Waals surface area contributed by atoms with Crippen LogP contribution in [0.1, 0.15) is 52.8 Å². The lowest BCUT2D eigenvalue weighted by atomic mass is 9.85. The Balaban J connectivity index is 2.56. The Morgan fingerprint density at radius 1 is 1.39 bits per heavy atom. The summed E-state index contributed by atoms with van der Waals surface area (Å²) >= 11 is 5.87. The van der Waals surface area contributed by atoms with Crippen LogP contribution in [0, 0.1) is 5.41 Å². The van der Waals surface area contributed by atoms with E-state index in [0.717, 1.165) is 18.7 Å². The van der Waals surface area contributed by atoms with Crippen molar-refractivity contribution in [3.8, 4) is 0 Å². The van der Waals surface area contributed by atoms with Gasteiger partial charge in [-0.3, -0.25) is 4.68 Å². The minimum absolute atomic E-state index is 0.218. The van der Waals surface area contributed by atoms with Crippen molar-refractivity contribution in [1.29, 1.82) is 0 Å². The van der Waals surface area contributed by atoms with E-state index in [0.29, 0.717) is 18.0 Å². The molecule has 1 rings (SSSR count). The highest BCUT2D eigenvalue weighted by Gasteiger charge is 2.23. The van der Waals surface area contributed by atoms with Crippen molar-refractivity contribution in [3.63, 3.8) is 0 Å². The Morgan fingerprint density at radius 3 is 2.50 bits per heavy atom. The van der Waals surface area contributed by atoms with Crippen molar-refractivity contribution >= 4 is 11.6 Å². The molecule has 104 valence electrons. The molecule has 0 spiro atoms. The lowest BCUT2D eigenvalue weighted by Gasteiger charge is -2.31. The number of nitrogens with zero attached hydrogens (tertiary/aromatic N) is 2. The first-order chi connectivity index (χ1) is 8.34. The normalized spacial score (nSPS) is 14.2. The highest BCUT2D eigenvalue weighted by molar-refractivity contribution is 6.17. The Hall–Kier alpha value is -0.540. The maximum atomic E-state index is 5.87. The zero-order valence-corrected chi connectivity index (χ0v) is 13.0. The van der Waals surface area contributed by atoms with Gasteiger partial charge in [-0.15, -0.1) is 11.6 Å². The molecule has 4 heteroatoms. The molecule has 0 bridgehead atoms. The molecule has 1 N–H and O–H groups in total. The third kappa shape index (κ3) is 4.62. The lowest BCUT2D eigenvalue weighted by Crippen LogP contribution is -2.40. The maximum Gasteiger partial charge on any atom is 0.0762 e. The highest BCUT2D eigenvalue weighted by atomic mass is 35.5. The average molecular weight is 272 g/mol. The zero-order chi connectivity index (χ0) is 13.8. The number of nitrogens with one attached hydrogen (secondary N) is 1. The molecule has 1 unspecified atom stereocenters. The number of halogens is 1. The van der Waals surface area contributed by atoms with Crippen LogP contribution in [0.3, 0.4) is 0 Å². The van der Waals surface area contributed by atoms with Gasteiger partial charge in [0.15, 0.2) is 0 Å². The van der Waals surface area contributed by atoms with Gasteiger partial charge in [-0.05, 0) is 31.7 Å². The molecule has 0 aliphatic carbocycles. The molecule has 0 amide bonds. The van der Waals surface area contributed by atoms with Crippen LogP contribution < -0.4 is 5.32 Å². The fraction of sp³-hybridized carbons (Fsp3) is 0.786. The Kier molecular flexibility index (Phi) is 5.67. The molecule has 0 saturated heterocycles. The van der Waals surface area contributed by atoms with Crippen molar-refractivity contribution in [2.75, 3.05) is 5.88 Å². The Labute approximate surface area is 116 Å². The van der Waals surface area contributed by atoms with Crippen LogP contribution in [0.15, 0.2) is 12.3 Å². The summed E-state index contributed by atoms with van der Waals surface area (Å²) in [5.41, 5.74) is 1.31. The molecule has 3 nitrogen and oxygen atoms in total. The molecule has 1 aromatic rings. The first kappa shape index (κ1) is 15.5. The van der Waals surface area contributed by atoms with Crippen molar-refractivity contribution in [1.82, 2.24) is 15.1 Å². The summed E-state index contributed by atoms with van der Waals surface area (Å²) in [6.07, 6.45) is 3.02. The molecule has 0 aliphatic rings. The first-order valence-corrected chi connectivity index (χ1v) is 7.21. The van der Waals surface area contributed by atoms with Crippen molar-refractivity contribution in [3.05, 3.63) is 18.0 Å². The van der Waals surface area contributed by atoms with Crippen LogP contribution in [0.4, 0.5) is 0 Å². The summed E-state index contributed by atoms with van der Waals surface area (Å²) in [4.78, 5) is 0. The number of hydrogen-bond acceptors (Lipinski definition) is 2. The van der Waals surface area contributed by atoms with Crippen LogP contribution in [-0.4, -0.2) is 21.7 Å². The summed E-state index contributed by atoms with van der Waals surface area (Å²) < 4.78 is 1.99. The van der Waals surface area contributed by atoms with Gasteiger partial charge >= 0.3 is 0 Å². The van der Waals surface area contributed by atoms with Gasteiger partial charge in [-0.1, -0.05) is 20.8 Å². The van der Waals surface area contributed by atoms with Crippen molar-refractivity contribution in [2.24, 2.45) is 5.41 Å². The molecule has 0 aromatic carbocycles. The van der Waals surface area contributed by atoms with Gasteiger partial charge in [-0.25, -0.2) is 0 Å². The van der Waals surface area contributed by atoms with Crippen LogP contribution in [0.2, 0.25) is 0 Å². The summed E-state index contributed by atoms with van der Waals surface area (Å²) in [5.74, 6) is 0.690. The largest absolute Gasteiger partial charge is 0.308 e. The van der Waals surface area contributed by atoms with E-state index in [1.807, 2.05) is 10.9 Å². The van der Waals surface area contributed by atoms with Crippen LogP contribution in [-0.2, 0) is 6.54 Å². The van der Waals surface area contributed by atoms with Gasteiger partial charge in [0.25, 0.3) is 0 Å². The predicted molar refractivity (Wildman–Crippen MR) is 78.0 cm³/mol. The van der Waals surface area contributed by atoms with Gasteiger partial charge in [0.05, 0.1) is 5.69 Å². The molecular formula is C14H26ClN3. The molecule has 0 aliphatic heterocycles. The third-order valence-electron chi connectivity index (χ3n) is 3.17. The summed E-state index contributed by atoms with van der Waals surface area (Å²) in [7, 11) is 0. The highest BCUT2D eigenvalue weighted by Crippen LogP contribution is 2.22. The van der Waals surface area contributed by atoms with E-state index in [1.165, 1.54) is 0 Å². The van der Waals surface area contributed by atoms with E-state index in [2.05, 4.69) is 51.1 Å². The fourth-order valence-electron chi connectivity index (χ4n) is 1.94.